The first-order chi connectivity index (χ1) is 8.74. The minimum absolute atomic E-state index is 0.252. The summed E-state index contributed by atoms with van der Waals surface area (Å²) in [5.41, 5.74) is 4.28. The molecule has 0 heterocycles. The molecule has 0 aliphatic rings. The molecular weight excluding hydrogens is 294 g/mol. The van der Waals surface area contributed by atoms with E-state index in [1.165, 1.54) is 0 Å². The summed E-state index contributed by atoms with van der Waals surface area (Å²) in [7, 11) is 0. The average Bonchev–Trinajstić information content (AvgIpc) is 2.38. The number of carbonyl (C=O) groups excluding carboxylic acids is 1. The van der Waals surface area contributed by atoms with E-state index in [1.54, 1.807) is 0 Å². The van der Waals surface area contributed by atoms with E-state index in [1.807, 2.05) is 54.6 Å². The highest BCUT2D eigenvalue weighted by Gasteiger charge is 2.04. The van der Waals surface area contributed by atoms with Crippen molar-refractivity contribution in [1.82, 2.24) is 0 Å². The van der Waals surface area contributed by atoms with Gasteiger partial charge in [-0.05, 0) is 23.8 Å². The van der Waals surface area contributed by atoms with Crippen LogP contribution >= 0.6 is 15.9 Å². The molecule has 0 bridgehead atoms. The summed E-state index contributed by atoms with van der Waals surface area (Å²) in [4.78, 5) is 16.6. The Kier molecular flexibility index (Phi) is 4.36. The Hall–Kier alpha value is -1.81. The molecule has 0 aliphatic carbocycles. The topological polar surface area (TPSA) is 38.3 Å². The molecule has 92 valence electrons. The van der Waals surface area contributed by atoms with E-state index in [2.05, 4.69) is 21.4 Å². The fraction of sp³-hybridized carbons (Fsp3) is 0.0714. The molecular formula is C14H12BrNO2. The molecule has 4 heteroatoms. The molecule has 0 fully saturated rings. The Bertz CT molecular complexity index is 528. The van der Waals surface area contributed by atoms with E-state index < -0.39 is 0 Å². The molecule has 2 aromatic carbocycles. The van der Waals surface area contributed by atoms with Crippen molar-refractivity contribution in [2.75, 3.05) is 5.48 Å². The lowest BCUT2D eigenvalue weighted by Gasteiger charge is -2.07. The van der Waals surface area contributed by atoms with Gasteiger partial charge in [0.15, 0.2) is 0 Å². The summed E-state index contributed by atoms with van der Waals surface area (Å²) in [6.45, 7) is 0. The molecule has 1 N–H and O–H groups in total. The Labute approximate surface area is 114 Å². The van der Waals surface area contributed by atoms with Crippen molar-refractivity contribution in [3.05, 3.63) is 64.6 Å². The molecule has 0 radical (unpaired) electrons. The van der Waals surface area contributed by atoms with Crippen LogP contribution in [-0.4, -0.2) is 5.97 Å². The minimum atomic E-state index is -0.318. The number of hydrogen-bond acceptors (Lipinski definition) is 3. The summed E-state index contributed by atoms with van der Waals surface area (Å²) < 4.78 is 0.923. The molecule has 0 aromatic heterocycles. The predicted octanol–water partition coefficient (Wildman–Crippen LogP) is 3.56. The van der Waals surface area contributed by atoms with Crippen molar-refractivity contribution >= 4 is 27.6 Å². The lowest BCUT2D eigenvalue weighted by molar-refractivity contribution is -0.139. The molecule has 0 aliphatic heterocycles. The fourth-order valence-electron chi connectivity index (χ4n) is 1.47. The second-order valence-corrected chi connectivity index (χ2v) is 4.66. The summed E-state index contributed by atoms with van der Waals surface area (Å²) in [6.07, 6.45) is 0.252. The zero-order valence-corrected chi connectivity index (χ0v) is 11.2. The standard InChI is InChI=1S/C14H12BrNO2/c15-12-7-4-8-13(10-12)16-18-14(17)9-11-5-2-1-3-6-11/h1-8,10,16H,9H2. The van der Waals surface area contributed by atoms with Crippen LogP contribution < -0.4 is 5.48 Å². The first kappa shape index (κ1) is 12.6. The lowest BCUT2D eigenvalue weighted by Crippen LogP contribution is -2.12. The van der Waals surface area contributed by atoms with Crippen molar-refractivity contribution in [3.63, 3.8) is 0 Å². The van der Waals surface area contributed by atoms with E-state index >= 15 is 0 Å². The number of rotatable bonds is 4. The van der Waals surface area contributed by atoms with Crippen LogP contribution in [0.4, 0.5) is 5.69 Å². The molecule has 0 unspecified atom stereocenters. The van der Waals surface area contributed by atoms with Gasteiger partial charge in [0.2, 0.25) is 0 Å². The van der Waals surface area contributed by atoms with Gasteiger partial charge in [0.25, 0.3) is 0 Å². The predicted molar refractivity (Wildman–Crippen MR) is 74.0 cm³/mol. The molecule has 0 amide bonds. The molecule has 0 spiro atoms. The van der Waals surface area contributed by atoms with Crippen molar-refractivity contribution in [3.8, 4) is 0 Å². The number of hydrogen-bond donors (Lipinski definition) is 1. The maximum atomic E-state index is 11.6. The summed E-state index contributed by atoms with van der Waals surface area (Å²) in [5.74, 6) is -0.318. The second-order valence-electron chi connectivity index (χ2n) is 3.75. The third kappa shape index (κ3) is 3.89. The highest BCUT2D eigenvalue weighted by molar-refractivity contribution is 9.10. The van der Waals surface area contributed by atoms with Gasteiger partial charge in [0, 0.05) is 4.47 Å². The minimum Gasteiger partial charge on any atom is -0.343 e. The largest absolute Gasteiger partial charge is 0.343 e. The maximum Gasteiger partial charge on any atom is 0.336 e. The van der Waals surface area contributed by atoms with Crippen molar-refractivity contribution in [1.29, 1.82) is 0 Å². The van der Waals surface area contributed by atoms with Crippen molar-refractivity contribution < 1.29 is 9.63 Å². The van der Waals surface area contributed by atoms with Crippen LogP contribution in [0.3, 0.4) is 0 Å². The molecule has 0 saturated heterocycles. The molecule has 18 heavy (non-hydrogen) atoms. The van der Waals surface area contributed by atoms with E-state index in [9.17, 15) is 4.79 Å². The molecule has 2 aromatic rings. The lowest BCUT2D eigenvalue weighted by atomic mass is 10.2. The first-order valence-electron chi connectivity index (χ1n) is 5.49. The van der Waals surface area contributed by atoms with Gasteiger partial charge >= 0.3 is 5.97 Å². The SMILES string of the molecule is O=C(Cc1ccccc1)ONc1cccc(Br)c1. The Morgan fingerprint density at radius 2 is 1.89 bits per heavy atom. The number of halogens is 1. The second kappa shape index (κ2) is 6.21. The monoisotopic (exact) mass is 305 g/mol. The number of nitrogens with one attached hydrogen (secondary N) is 1. The number of carbonyl (C=O) groups is 1. The third-order valence-electron chi connectivity index (χ3n) is 2.30. The van der Waals surface area contributed by atoms with Crippen LogP contribution in [0.1, 0.15) is 5.56 Å². The average molecular weight is 306 g/mol. The highest BCUT2D eigenvalue weighted by atomic mass is 79.9. The molecule has 2 rings (SSSR count). The number of anilines is 1. The molecule has 0 saturated carbocycles. The first-order valence-corrected chi connectivity index (χ1v) is 6.28. The Balaban J connectivity index is 1.85. The fourth-order valence-corrected chi connectivity index (χ4v) is 1.87. The zero-order chi connectivity index (χ0) is 12.8. The van der Waals surface area contributed by atoms with Gasteiger partial charge < -0.3 is 4.84 Å². The van der Waals surface area contributed by atoms with Gasteiger partial charge in [-0.3, -0.25) is 0 Å². The van der Waals surface area contributed by atoms with Crippen molar-refractivity contribution in [2.45, 2.75) is 6.42 Å². The number of benzene rings is 2. The normalized spacial score (nSPS) is 9.83. The zero-order valence-electron chi connectivity index (χ0n) is 9.60. The van der Waals surface area contributed by atoms with Crippen LogP contribution in [0.15, 0.2) is 59.1 Å². The van der Waals surface area contributed by atoms with E-state index in [-0.39, 0.29) is 12.4 Å². The molecule has 0 atom stereocenters. The summed E-state index contributed by atoms with van der Waals surface area (Å²) in [5, 5.41) is 0. The van der Waals surface area contributed by atoms with Crippen LogP contribution in [0, 0.1) is 0 Å². The van der Waals surface area contributed by atoms with Crippen LogP contribution in [-0.2, 0) is 16.1 Å². The van der Waals surface area contributed by atoms with Gasteiger partial charge in [-0.2, -0.15) is 0 Å². The van der Waals surface area contributed by atoms with E-state index in [0.717, 1.165) is 15.7 Å². The molecule has 3 nitrogen and oxygen atoms in total. The smallest absolute Gasteiger partial charge is 0.336 e. The highest BCUT2D eigenvalue weighted by Crippen LogP contribution is 2.15. The third-order valence-corrected chi connectivity index (χ3v) is 2.79. The Morgan fingerprint density at radius 3 is 2.61 bits per heavy atom. The maximum absolute atomic E-state index is 11.6. The van der Waals surface area contributed by atoms with E-state index in [0.29, 0.717) is 0 Å². The van der Waals surface area contributed by atoms with Gasteiger partial charge in [-0.1, -0.05) is 52.3 Å². The van der Waals surface area contributed by atoms with Crippen LogP contribution in [0.5, 0.6) is 0 Å². The van der Waals surface area contributed by atoms with Gasteiger partial charge in [-0.15, -0.1) is 0 Å². The van der Waals surface area contributed by atoms with Gasteiger partial charge in [0.05, 0.1) is 12.1 Å². The van der Waals surface area contributed by atoms with Crippen molar-refractivity contribution in [2.24, 2.45) is 0 Å². The van der Waals surface area contributed by atoms with E-state index in [4.69, 9.17) is 4.84 Å². The quantitative estimate of drug-likeness (QED) is 0.878. The van der Waals surface area contributed by atoms with Crippen LogP contribution in [0.2, 0.25) is 0 Å². The summed E-state index contributed by atoms with van der Waals surface area (Å²) in [6, 6.07) is 16.9. The van der Waals surface area contributed by atoms with Crippen LogP contribution in [0.25, 0.3) is 0 Å². The van der Waals surface area contributed by atoms with Gasteiger partial charge in [0.1, 0.15) is 0 Å². The Morgan fingerprint density at radius 1 is 1.11 bits per heavy atom. The van der Waals surface area contributed by atoms with Gasteiger partial charge in [-0.25, -0.2) is 10.3 Å². The summed E-state index contributed by atoms with van der Waals surface area (Å²) >= 11 is 3.34.